The van der Waals surface area contributed by atoms with E-state index in [1.54, 1.807) is 6.07 Å². The van der Waals surface area contributed by atoms with Crippen molar-refractivity contribution in [3.05, 3.63) is 64.4 Å². The molecule has 0 saturated carbocycles. The molecule has 2 aromatic carbocycles. The molecule has 4 nitrogen and oxygen atoms in total. The van der Waals surface area contributed by atoms with Gasteiger partial charge in [-0.25, -0.2) is 0 Å². The molecule has 5 heteroatoms. The number of halogens is 1. The number of nitrogens with one attached hydrogen (secondary N) is 1. The lowest BCUT2D eigenvalue weighted by molar-refractivity contribution is 0.0984. The number of furan rings is 1. The molecule has 1 aromatic heterocycles. The van der Waals surface area contributed by atoms with Crippen LogP contribution in [0.2, 0.25) is 5.02 Å². The second kappa shape index (κ2) is 7.07. The van der Waals surface area contributed by atoms with E-state index in [1.807, 2.05) is 50.2 Å². The molecule has 0 bridgehead atoms. The lowest BCUT2D eigenvalue weighted by Gasteiger charge is -2.07. The van der Waals surface area contributed by atoms with Crippen LogP contribution in [0.3, 0.4) is 0 Å². The van der Waals surface area contributed by atoms with Crippen molar-refractivity contribution in [3.8, 4) is 0 Å². The second-order valence-corrected chi connectivity index (χ2v) is 5.87. The summed E-state index contributed by atoms with van der Waals surface area (Å²) in [4.78, 5) is 12.7. The van der Waals surface area contributed by atoms with E-state index in [-0.39, 0.29) is 11.7 Å². The molecule has 24 heavy (non-hydrogen) atoms. The second-order valence-electron chi connectivity index (χ2n) is 5.46. The minimum atomic E-state index is -0.319. The molecule has 0 atom stereocenters. The van der Waals surface area contributed by atoms with Gasteiger partial charge in [-0.3, -0.25) is 4.79 Å². The maximum absolute atomic E-state index is 12.7. The van der Waals surface area contributed by atoms with Crippen LogP contribution in [0.25, 0.3) is 11.0 Å². The highest BCUT2D eigenvalue weighted by Crippen LogP contribution is 2.28. The van der Waals surface area contributed by atoms with E-state index in [0.29, 0.717) is 29.5 Å². The van der Waals surface area contributed by atoms with Crippen molar-refractivity contribution in [1.82, 2.24) is 0 Å². The maximum atomic E-state index is 12.7. The molecule has 0 fully saturated rings. The number of hydrogen-bond acceptors (Lipinski definition) is 3. The number of benzene rings is 2. The van der Waals surface area contributed by atoms with Crippen LogP contribution in [0.5, 0.6) is 0 Å². The van der Waals surface area contributed by atoms with Gasteiger partial charge in [-0.1, -0.05) is 35.9 Å². The smallest absolute Gasteiger partial charge is 0.291 e. The predicted octanol–water partition coefficient (Wildman–Crippen LogP) is 5.18. The Morgan fingerprint density at radius 3 is 2.79 bits per heavy atom. The van der Waals surface area contributed by atoms with Gasteiger partial charge < -0.3 is 14.5 Å². The monoisotopic (exact) mass is 343 g/mol. The van der Waals surface area contributed by atoms with Gasteiger partial charge in [0, 0.05) is 28.3 Å². The number of aryl methyl sites for hydroxylation is 1. The Balaban J connectivity index is 1.94. The average Bonchev–Trinajstić information content (AvgIpc) is 2.95. The summed E-state index contributed by atoms with van der Waals surface area (Å²) in [7, 11) is 0. The Morgan fingerprint density at radius 1 is 1.25 bits per heavy atom. The van der Waals surface area contributed by atoms with Crippen molar-refractivity contribution in [2.45, 2.75) is 20.5 Å². The summed E-state index contributed by atoms with van der Waals surface area (Å²) in [6.07, 6.45) is 0. The largest absolute Gasteiger partial charge is 0.451 e. The summed E-state index contributed by atoms with van der Waals surface area (Å²) in [5.41, 5.74) is 3.00. The summed E-state index contributed by atoms with van der Waals surface area (Å²) in [6, 6.07) is 12.9. The maximum Gasteiger partial charge on any atom is 0.291 e. The minimum absolute atomic E-state index is 0.265. The molecule has 0 aliphatic rings. The molecule has 3 aromatic rings. The van der Waals surface area contributed by atoms with E-state index in [0.717, 1.165) is 16.5 Å². The Bertz CT molecular complexity index is 885. The number of anilines is 1. The Morgan fingerprint density at radius 2 is 2.04 bits per heavy atom. The highest BCUT2D eigenvalue weighted by Gasteiger charge is 2.20. The Labute approximate surface area is 145 Å². The summed E-state index contributed by atoms with van der Waals surface area (Å²) in [6.45, 7) is 4.71. The van der Waals surface area contributed by atoms with E-state index in [9.17, 15) is 4.79 Å². The fourth-order valence-electron chi connectivity index (χ4n) is 2.49. The normalized spacial score (nSPS) is 11.0. The first-order valence-electron chi connectivity index (χ1n) is 7.75. The first-order chi connectivity index (χ1) is 11.6. The fraction of sp³-hybridized carbons (Fsp3) is 0.211. The summed E-state index contributed by atoms with van der Waals surface area (Å²) in [5.74, 6) is -0.0535. The molecular weight excluding hydrogens is 326 g/mol. The van der Waals surface area contributed by atoms with E-state index in [1.165, 1.54) is 0 Å². The van der Waals surface area contributed by atoms with Crippen molar-refractivity contribution < 1.29 is 13.9 Å². The van der Waals surface area contributed by atoms with E-state index >= 15 is 0 Å². The lowest BCUT2D eigenvalue weighted by Crippen LogP contribution is -2.13. The molecule has 1 amide bonds. The molecule has 3 rings (SSSR count). The van der Waals surface area contributed by atoms with Gasteiger partial charge in [-0.15, -0.1) is 0 Å². The molecule has 0 unspecified atom stereocenters. The van der Waals surface area contributed by atoms with E-state index in [2.05, 4.69) is 5.32 Å². The quantitative estimate of drug-likeness (QED) is 0.694. The van der Waals surface area contributed by atoms with Crippen molar-refractivity contribution in [2.24, 2.45) is 0 Å². The highest BCUT2D eigenvalue weighted by molar-refractivity contribution is 6.31. The molecule has 1 N–H and O–H groups in total. The molecule has 124 valence electrons. The molecule has 0 aliphatic heterocycles. The SMILES string of the molecule is CCOCc1c(C(=O)Nc2ccc(C)c(Cl)c2)oc2ccccc12. The summed E-state index contributed by atoms with van der Waals surface area (Å²) >= 11 is 6.11. The lowest BCUT2D eigenvalue weighted by atomic mass is 10.1. The molecule has 0 radical (unpaired) electrons. The number of hydrogen-bond donors (Lipinski definition) is 1. The van der Waals surface area contributed by atoms with Crippen molar-refractivity contribution in [1.29, 1.82) is 0 Å². The van der Waals surface area contributed by atoms with Crippen LogP contribution in [-0.4, -0.2) is 12.5 Å². The predicted molar refractivity (Wildman–Crippen MR) is 95.7 cm³/mol. The number of amides is 1. The number of fused-ring (bicyclic) bond motifs is 1. The topological polar surface area (TPSA) is 51.5 Å². The van der Waals surface area contributed by atoms with Crippen LogP contribution in [0.1, 0.15) is 28.6 Å². The Hall–Kier alpha value is -2.30. The van der Waals surface area contributed by atoms with Gasteiger partial charge in [0.25, 0.3) is 5.91 Å². The van der Waals surface area contributed by atoms with Crippen LogP contribution in [0.4, 0.5) is 5.69 Å². The number of ether oxygens (including phenoxy) is 1. The minimum Gasteiger partial charge on any atom is -0.451 e. The van der Waals surface area contributed by atoms with Crippen LogP contribution >= 0.6 is 11.6 Å². The first-order valence-corrected chi connectivity index (χ1v) is 8.13. The van der Waals surface area contributed by atoms with Crippen LogP contribution in [0, 0.1) is 6.92 Å². The molecule has 0 spiro atoms. The van der Waals surface area contributed by atoms with Crippen LogP contribution in [0.15, 0.2) is 46.9 Å². The first kappa shape index (κ1) is 16.6. The zero-order valence-electron chi connectivity index (χ0n) is 13.6. The molecular formula is C19H18ClNO3. The third kappa shape index (κ3) is 3.30. The fourth-order valence-corrected chi connectivity index (χ4v) is 2.67. The number of para-hydroxylation sites is 1. The Kier molecular flexibility index (Phi) is 4.88. The van der Waals surface area contributed by atoms with Gasteiger partial charge in [0.15, 0.2) is 5.76 Å². The van der Waals surface area contributed by atoms with Crippen LogP contribution < -0.4 is 5.32 Å². The van der Waals surface area contributed by atoms with Gasteiger partial charge in [-0.05, 0) is 37.6 Å². The zero-order valence-corrected chi connectivity index (χ0v) is 14.3. The molecule has 0 aliphatic carbocycles. The van der Waals surface area contributed by atoms with E-state index < -0.39 is 0 Å². The third-order valence-electron chi connectivity index (χ3n) is 3.78. The summed E-state index contributed by atoms with van der Waals surface area (Å²) in [5, 5.41) is 4.32. The van der Waals surface area contributed by atoms with Gasteiger partial charge in [0.2, 0.25) is 0 Å². The standard InChI is InChI=1S/C19H18ClNO3/c1-3-23-11-15-14-6-4-5-7-17(14)24-18(15)19(22)21-13-9-8-12(2)16(20)10-13/h4-10H,3,11H2,1-2H3,(H,21,22). The van der Waals surface area contributed by atoms with Gasteiger partial charge >= 0.3 is 0 Å². The van der Waals surface area contributed by atoms with Gasteiger partial charge in [0.05, 0.1) is 6.61 Å². The average molecular weight is 344 g/mol. The van der Waals surface area contributed by atoms with Crippen molar-refractivity contribution in [3.63, 3.8) is 0 Å². The third-order valence-corrected chi connectivity index (χ3v) is 4.19. The van der Waals surface area contributed by atoms with Crippen LogP contribution in [-0.2, 0) is 11.3 Å². The van der Waals surface area contributed by atoms with Crippen molar-refractivity contribution in [2.75, 3.05) is 11.9 Å². The van der Waals surface area contributed by atoms with E-state index in [4.69, 9.17) is 20.8 Å². The summed E-state index contributed by atoms with van der Waals surface area (Å²) < 4.78 is 11.3. The van der Waals surface area contributed by atoms with Gasteiger partial charge in [-0.2, -0.15) is 0 Å². The molecule has 0 saturated heterocycles. The number of carbonyl (C=O) groups excluding carboxylic acids is 1. The number of carbonyl (C=O) groups is 1. The van der Waals surface area contributed by atoms with Crippen molar-refractivity contribution >= 4 is 34.2 Å². The van der Waals surface area contributed by atoms with Gasteiger partial charge in [0.1, 0.15) is 5.58 Å². The zero-order chi connectivity index (χ0) is 17.1. The molecule has 1 heterocycles. The highest BCUT2D eigenvalue weighted by atomic mass is 35.5. The number of rotatable bonds is 5.